The normalized spacial score (nSPS) is 36.5. The lowest BCUT2D eigenvalue weighted by Gasteiger charge is -2.58. The van der Waals surface area contributed by atoms with Crippen LogP contribution in [0, 0.1) is 23.2 Å². The highest BCUT2D eigenvalue weighted by molar-refractivity contribution is 5.88. The van der Waals surface area contributed by atoms with Gasteiger partial charge in [0.15, 0.2) is 0 Å². The summed E-state index contributed by atoms with van der Waals surface area (Å²) >= 11 is 0. The fourth-order valence-corrected chi connectivity index (χ4v) is 6.94. The molecule has 5 fully saturated rings. The number of carbonyl (C=O) groups is 1. The van der Waals surface area contributed by atoms with Gasteiger partial charge in [0.25, 0.3) is 0 Å². The largest absolute Gasteiger partial charge is 0.478 e. The predicted molar refractivity (Wildman–Crippen MR) is 103 cm³/mol. The molecule has 0 unspecified atom stereocenters. The summed E-state index contributed by atoms with van der Waals surface area (Å²) in [4.78, 5) is 16.1. The smallest absolute Gasteiger partial charge is 0.335 e. The highest BCUT2D eigenvalue weighted by Gasteiger charge is 2.51. The second kappa shape index (κ2) is 6.26. The van der Waals surface area contributed by atoms with Crippen molar-refractivity contribution < 1.29 is 9.90 Å². The van der Waals surface area contributed by atoms with Gasteiger partial charge in [0.1, 0.15) is 0 Å². The minimum absolute atomic E-state index is 0.370. The van der Waals surface area contributed by atoms with Gasteiger partial charge in [-0.3, -0.25) is 4.90 Å². The first-order valence-electron chi connectivity index (χ1n) is 10.4. The summed E-state index contributed by atoms with van der Waals surface area (Å²) in [5.41, 5.74) is 2.17. The molecule has 1 aliphatic heterocycles. The summed E-state index contributed by atoms with van der Waals surface area (Å²) in [5, 5.41) is 9.05. The van der Waals surface area contributed by atoms with E-state index < -0.39 is 5.97 Å². The molecule has 1 heterocycles. The molecule has 26 heavy (non-hydrogen) atoms. The Hall–Kier alpha value is -1.55. The van der Waals surface area contributed by atoms with Crippen molar-refractivity contribution in [3.05, 3.63) is 29.8 Å². The number of anilines is 1. The number of hydrogen-bond donors (Lipinski definition) is 1. The molecule has 0 aromatic heterocycles. The highest BCUT2D eigenvalue weighted by atomic mass is 16.4. The Morgan fingerprint density at radius 3 is 1.96 bits per heavy atom. The number of carboxylic acids is 1. The van der Waals surface area contributed by atoms with Crippen molar-refractivity contribution in [3.8, 4) is 0 Å². The molecule has 6 rings (SSSR count). The minimum atomic E-state index is -0.850. The molecule has 1 aromatic carbocycles. The Balaban J connectivity index is 1.19. The van der Waals surface area contributed by atoms with E-state index in [1.165, 1.54) is 45.1 Å². The van der Waals surface area contributed by atoms with Crippen molar-refractivity contribution >= 4 is 11.7 Å². The van der Waals surface area contributed by atoms with E-state index in [1.807, 2.05) is 12.1 Å². The number of benzene rings is 1. The summed E-state index contributed by atoms with van der Waals surface area (Å²) in [6.07, 6.45) is 9.07. The fourth-order valence-electron chi connectivity index (χ4n) is 6.94. The van der Waals surface area contributed by atoms with Crippen molar-refractivity contribution in [2.45, 2.75) is 38.5 Å². The summed E-state index contributed by atoms with van der Waals surface area (Å²) in [7, 11) is 0. The molecule has 0 radical (unpaired) electrons. The number of aromatic carboxylic acids is 1. The van der Waals surface area contributed by atoms with Gasteiger partial charge >= 0.3 is 5.97 Å². The van der Waals surface area contributed by atoms with Crippen LogP contribution in [0.25, 0.3) is 0 Å². The maximum absolute atomic E-state index is 11.0. The highest BCUT2D eigenvalue weighted by Crippen LogP contribution is 2.60. The van der Waals surface area contributed by atoms with Crippen LogP contribution < -0.4 is 4.90 Å². The number of hydrogen-bond acceptors (Lipinski definition) is 3. The van der Waals surface area contributed by atoms with E-state index in [4.69, 9.17) is 5.11 Å². The van der Waals surface area contributed by atoms with E-state index in [2.05, 4.69) is 9.80 Å². The van der Waals surface area contributed by atoms with Crippen molar-refractivity contribution in [2.24, 2.45) is 23.2 Å². The van der Waals surface area contributed by atoms with Gasteiger partial charge in [-0.1, -0.05) is 0 Å². The second-order valence-electron chi connectivity index (χ2n) is 9.53. The summed E-state index contributed by atoms with van der Waals surface area (Å²) < 4.78 is 0. The molecule has 1 N–H and O–H groups in total. The van der Waals surface area contributed by atoms with Crippen LogP contribution in [0.1, 0.15) is 48.9 Å². The predicted octanol–water partition coefficient (Wildman–Crippen LogP) is 3.72. The lowest BCUT2D eigenvalue weighted by Crippen LogP contribution is -2.55. The van der Waals surface area contributed by atoms with Gasteiger partial charge in [-0.15, -0.1) is 0 Å². The van der Waals surface area contributed by atoms with Crippen LogP contribution in [-0.4, -0.2) is 48.7 Å². The lowest BCUT2D eigenvalue weighted by molar-refractivity contribution is -0.0695. The molecule has 0 spiro atoms. The van der Waals surface area contributed by atoms with Crippen LogP contribution in [0.5, 0.6) is 0 Å². The monoisotopic (exact) mass is 354 g/mol. The average molecular weight is 354 g/mol. The Kier molecular flexibility index (Phi) is 4.00. The van der Waals surface area contributed by atoms with E-state index in [0.717, 1.165) is 49.6 Å². The first-order valence-corrected chi connectivity index (χ1v) is 10.4. The molecule has 140 valence electrons. The van der Waals surface area contributed by atoms with Gasteiger partial charge in [0.05, 0.1) is 5.56 Å². The molecular weight excluding hydrogens is 324 g/mol. The molecule has 4 saturated carbocycles. The molecule has 0 atom stereocenters. The SMILES string of the molecule is O=C(O)c1ccc(N2CCN(CC34CC5CC(CC(C5)C3)C4)CC2)cc1. The Morgan fingerprint density at radius 2 is 1.46 bits per heavy atom. The molecule has 4 nitrogen and oxygen atoms in total. The first-order chi connectivity index (χ1) is 12.6. The number of nitrogens with zero attached hydrogens (tertiary/aromatic N) is 2. The molecule has 0 amide bonds. The Morgan fingerprint density at radius 1 is 0.923 bits per heavy atom. The van der Waals surface area contributed by atoms with Crippen molar-refractivity contribution in [1.82, 2.24) is 4.90 Å². The van der Waals surface area contributed by atoms with E-state index in [1.54, 1.807) is 12.1 Å². The molecule has 4 bridgehead atoms. The van der Waals surface area contributed by atoms with Crippen LogP contribution in [0.4, 0.5) is 5.69 Å². The zero-order valence-corrected chi connectivity index (χ0v) is 15.6. The van der Waals surface area contributed by atoms with Crippen LogP contribution in [0.2, 0.25) is 0 Å². The molecule has 4 aliphatic carbocycles. The van der Waals surface area contributed by atoms with Gasteiger partial charge < -0.3 is 10.0 Å². The van der Waals surface area contributed by atoms with Crippen LogP contribution in [0.15, 0.2) is 24.3 Å². The minimum Gasteiger partial charge on any atom is -0.478 e. The number of rotatable bonds is 4. The molecule has 1 saturated heterocycles. The van der Waals surface area contributed by atoms with Gasteiger partial charge in [-0.05, 0) is 86.0 Å². The van der Waals surface area contributed by atoms with Crippen LogP contribution in [-0.2, 0) is 0 Å². The molecular formula is C22H30N2O2. The van der Waals surface area contributed by atoms with Crippen molar-refractivity contribution in [2.75, 3.05) is 37.6 Å². The summed E-state index contributed by atoms with van der Waals surface area (Å²) in [5.74, 6) is 2.26. The quantitative estimate of drug-likeness (QED) is 0.895. The van der Waals surface area contributed by atoms with Crippen LogP contribution in [0.3, 0.4) is 0 Å². The van der Waals surface area contributed by atoms with E-state index in [-0.39, 0.29) is 0 Å². The van der Waals surface area contributed by atoms with Gasteiger partial charge in [0.2, 0.25) is 0 Å². The zero-order chi connectivity index (χ0) is 17.7. The van der Waals surface area contributed by atoms with Crippen molar-refractivity contribution in [3.63, 3.8) is 0 Å². The van der Waals surface area contributed by atoms with E-state index in [9.17, 15) is 4.79 Å². The Labute approximate surface area is 156 Å². The van der Waals surface area contributed by atoms with Crippen LogP contribution >= 0.6 is 0 Å². The van der Waals surface area contributed by atoms with Gasteiger partial charge in [-0.25, -0.2) is 4.79 Å². The average Bonchev–Trinajstić information content (AvgIpc) is 2.61. The third-order valence-electron chi connectivity index (χ3n) is 7.58. The second-order valence-corrected chi connectivity index (χ2v) is 9.53. The van der Waals surface area contributed by atoms with Gasteiger partial charge in [-0.2, -0.15) is 0 Å². The summed E-state index contributed by atoms with van der Waals surface area (Å²) in [6.45, 7) is 5.71. The lowest BCUT2D eigenvalue weighted by atomic mass is 9.49. The summed E-state index contributed by atoms with van der Waals surface area (Å²) in [6, 6.07) is 7.36. The Bertz CT molecular complexity index is 641. The third kappa shape index (κ3) is 3.02. The van der Waals surface area contributed by atoms with E-state index >= 15 is 0 Å². The fraction of sp³-hybridized carbons (Fsp3) is 0.682. The van der Waals surface area contributed by atoms with Crippen molar-refractivity contribution in [1.29, 1.82) is 0 Å². The number of piperazine rings is 1. The molecule has 1 aromatic rings. The molecule has 5 aliphatic rings. The third-order valence-corrected chi connectivity index (χ3v) is 7.58. The standard InChI is InChI=1S/C22H30N2O2/c25-21(26)19-1-3-20(4-2-19)24-7-5-23(6-8-24)15-22-12-16-9-17(13-22)11-18(10-16)14-22/h1-4,16-18H,5-15H2,(H,25,26). The topological polar surface area (TPSA) is 43.8 Å². The van der Waals surface area contributed by atoms with E-state index in [0.29, 0.717) is 11.0 Å². The van der Waals surface area contributed by atoms with Gasteiger partial charge in [0, 0.05) is 38.4 Å². The molecule has 4 heteroatoms. The maximum Gasteiger partial charge on any atom is 0.335 e. The first kappa shape index (κ1) is 16.6. The zero-order valence-electron chi connectivity index (χ0n) is 15.6. The maximum atomic E-state index is 11.0. The number of carboxylic acid groups (broad SMARTS) is 1.